The molecule has 0 aliphatic carbocycles. The Hall–Kier alpha value is -2.97. The highest BCUT2D eigenvalue weighted by molar-refractivity contribution is 5.99. The molecule has 2 N–H and O–H groups in total. The molecule has 0 spiro atoms. The first-order valence-electron chi connectivity index (χ1n) is 5.97. The number of hydrogen-bond acceptors (Lipinski definition) is 5. The predicted molar refractivity (Wildman–Crippen MR) is 68.0 cm³/mol. The number of hydrogen-bond donors (Lipinski definition) is 2. The third-order valence-electron chi connectivity index (χ3n) is 3.06. The van der Waals surface area contributed by atoms with E-state index in [-0.39, 0.29) is 18.5 Å². The van der Waals surface area contributed by atoms with Gasteiger partial charge in [-0.25, -0.2) is 0 Å². The summed E-state index contributed by atoms with van der Waals surface area (Å²) in [5.74, 6) is -3.41. The van der Waals surface area contributed by atoms with E-state index in [9.17, 15) is 24.5 Å². The van der Waals surface area contributed by atoms with Gasteiger partial charge in [-0.2, -0.15) is 0 Å². The monoisotopic (exact) mass is 293 g/mol. The van der Waals surface area contributed by atoms with Gasteiger partial charge < -0.3 is 5.11 Å². The number of carboxylic acids is 1. The number of nitrogens with zero attached hydrogens (tertiary/aromatic N) is 2. The van der Waals surface area contributed by atoms with Gasteiger partial charge >= 0.3 is 5.97 Å². The predicted octanol–water partition coefficient (Wildman–Crippen LogP) is 0.173. The number of nitro benzene ring substituents is 1. The summed E-state index contributed by atoms with van der Waals surface area (Å²) in [6.45, 7) is -0.166. The van der Waals surface area contributed by atoms with Crippen molar-refractivity contribution in [3.05, 3.63) is 39.9 Å². The van der Waals surface area contributed by atoms with E-state index >= 15 is 0 Å². The molecule has 2 amide bonds. The van der Waals surface area contributed by atoms with Gasteiger partial charge in [0.25, 0.3) is 11.6 Å². The van der Waals surface area contributed by atoms with Crippen molar-refractivity contribution in [3.8, 4) is 0 Å². The second-order valence-electron chi connectivity index (χ2n) is 4.46. The second-order valence-corrected chi connectivity index (χ2v) is 4.46. The van der Waals surface area contributed by atoms with Gasteiger partial charge in [0.05, 0.1) is 17.4 Å². The highest BCUT2D eigenvalue weighted by Crippen LogP contribution is 2.19. The van der Waals surface area contributed by atoms with Gasteiger partial charge in [-0.3, -0.25) is 34.9 Å². The Balaban J connectivity index is 2.14. The number of para-hydroxylation sites is 1. The number of rotatable bonds is 4. The molecule has 0 radical (unpaired) electrons. The minimum absolute atomic E-state index is 0.166. The van der Waals surface area contributed by atoms with Gasteiger partial charge in [-0.1, -0.05) is 12.1 Å². The first-order chi connectivity index (χ1) is 9.90. The molecule has 0 unspecified atom stereocenters. The van der Waals surface area contributed by atoms with Crippen LogP contribution >= 0.6 is 0 Å². The summed E-state index contributed by atoms with van der Waals surface area (Å²) in [4.78, 5) is 44.5. The van der Waals surface area contributed by atoms with Crippen LogP contribution in [-0.4, -0.2) is 39.4 Å². The molecule has 2 rings (SSSR count). The molecular weight excluding hydrogens is 282 g/mol. The molecule has 0 bridgehead atoms. The second kappa shape index (κ2) is 5.57. The topological polar surface area (TPSA) is 130 Å². The zero-order valence-corrected chi connectivity index (χ0v) is 10.7. The van der Waals surface area contributed by atoms with E-state index in [2.05, 4.69) is 5.43 Å². The van der Waals surface area contributed by atoms with Crippen LogP contribution in [0, 0.1) is 16.0 Å². The lowest BCUT2D eigenvalue weighted by Gasteiger charge is -2.17. The third-order valence-corrected chi connectivity index (χ3v) is 3.06. The number of amides is 2. The maximum absolute atomic E-state index is 12.0. The fourth-order valence-electron chi connectivity index (χ4n) is 1.99. The third kappa shape index (κ3) is 2.96. The quantitative estimate of drug-likeness (QED) is 0.601. The Bertz CT molecular complexity index is 629. The van der Waals surface area contributed by atoms with Crippen molar-refractivity contribution in [3.63, 3.8) is 0 Å². The van der Waals surface area contributed by atoms with Crippen LogP contribution in [-0.2, 0) is 9.59 Å². The molecule has 1 aliphatic rings. The van der Waals surface area contributed by atoms with E-state index in [4.69, 9.17) is 5.11 Å². The van der Waals surface area contributed by atoms with E-state index in [1.165, 1.54) is 24.3 Å². The Morgan fingerprint density at radius 3 is 2.62 bits per heavy atom. The molecule has 1 atom stereocenters. The Labute approximate surface area is 118 Å². The van der Waals surface area contributed by atoms with E-state index in [0.29, 0.717) is 0 Å². The van der Waals surface area contributed by atoms with E-state index < -0.39 is 34.3 Å². The number of aliphatic carboxylic acids is 1. The van der Waals surface area contributed by atoms with Crippen molar-refractivity contribution in [2.75, 3.05) is 6.54 Å². The van der Waals surface area contributed by atoms with Crippen LogP contribution in [0.3, 0.4) is 0 Å². The maximum atomic E-state index is 12.0. The van der Waals surface area contributed by atoms with Crippen LogP contribution < -0.4 is 5.43 Å². The zero-order valence-electron chi connectivity index (χ0n) is 10.7. The van der Waals surface area contributed by atoms with Crippen molar-refractivity contribution >= 4 is 23.5 Å². The molecule has 1 saturated heterocycles. The number of carbonyl (C=O) groups is 3. The van der Waals surface area contributed by atoms with Crippen LogP contribution in [0.25, 0.3) is 0 Å². The molecule has 110 valence electrons. The minimum Gasteiger partial charge on any atom is -0.481 e. The normalized spacial score (nSPS) is 17.6. The summed E-state index contributed by atoms with van der Waals surface area (Å²) in [6.07, 6.45) is -0.216. The summed E-state index contributed by atoms with van der Waals surface area (Å²) < 4.78 is 0. The number of nitro groups is 1. The van der Waals surface area contributed by atoms with E-state index in [0.717, 1.165) is 5.01 Å². The van der Waals surface area contributed by atoms with Crippen molar-refractivity contribution in [1.82, 2.24) is 10.4 Å². The molecule has 0 aromatic heterocycles. The summed E-state index contributed by atoms with van der Waals surface area (Å²) in [6, 6.07) is 5.29. The number of benzene rings is 1. The number of hydrazine groups is 1. The standard InChI is InChI=1S/C12H11N3O6/c16-10-5-7(12(18)19)6-14(10)13-11(17)8-3-1-2-4-9(8)15(20)21/h1-4,7H,5-6H2,(H,13,17)(H,18,19)/t7-/m1/s1. The lowest BCUT2D eigenvalue weighted by Crippen LogP contribution is -2.43. The first-order valence-corrected chi connectivity index (χ1v) is 5.97. The van der Waals surface area contributed by atoms with Gasteiger partial charge in [-0.15, -0.1) is 0 Å². The lowest BCUT2D eigenvalue weighted by atomic mass is 10.1. The van der Waals surface area contributed by atoms with Crippen LogP contribution in [0.4, 0.5) is 5.69 Å². The summed E-state index contributed by atoms with van der Waals surface area (Å²) >= 11 is 0. The smallest absolute Gasteiger partial charge is 0.308 e. The number of carboxylic acid groups (broad SMARTS) is 1. The fraction of sp³-hybridized carbons (Fsp3) is 0.250. The highest BCUT2D eigenvalue weighted by Gasteiger charge is 2.36. The van der Waals surface area contributed by atoms with Gasteiger partial charge in [0.2, 0.25) is 5.91 Å². The van der Waals surface area contributed by atoms with Crippen molar-refractivity contribution in [1.29, 1.82) is 0 Å². The number of nitrogens with one attached hydrogen (secondary N) is 1. The van der Waals surface area contributed by atoms with Gasteiger partial charge in [0, 0.05) is 12.5 Å². The largest absolute Gasteiger partial charge is 0.481 e. The minimum atomic E-state index is -1.13. The Morgan fingerprint density at radius 1 is 1.38 bits per heavy atom. The highest BCUT2D eigenvalue weighted by atomic mass is 16.6. The Morgan fingerprint density at radius 2 is 2.05 bits per heavy atom. The van der Waals surface area contributed by atoms with Gasteiger partial charge in [-0.05, 0) is 6.07 Å². The van der Waals surface area contributed by atoms with E-state index in [1.807, 2.05) is 0 Å². The van der Waals surface area contributed by atoms with Crippen LogP contribution in [0.15, 0.2) is 24.3 Å². The molecule has 1 aromatic carbocycles. The fourth-order valence-corrected chi connectivity index (χ4v) is 1.99. The molecule has 9 nitrogen and oxygen atoms in total. The average Bonchev–Trinajstić information content (AvgIpc) is 2.80. The first kappa shape index (κ1) is 14.4. The van der Waals surface area contributed by atoms with Crippen molar-refractivity contribution < 1.29 is 24.4 Å². The van der Waals surface area contributed by atoms with Gasteiger partial charge in [0.15, 0.2) is 0 Å². The molecule has 1 heterocycles. The zero-order chi connectivity index (χ0) is 15.6. The van der Waals surface area contributed by atoms with Crippen molar-refractivity contribution in [2.45, 2.75) is 6.42 Å². The molecular formula is C12H11N3O6. The molecule has 1 fully saturated rings. The van der Waals surface area contributed by atoms with Gasteiger partial charge in [0.1, 0.15) is 5.56 Å². The summed E-state index contributed by atoms with van der Waals surface area (Å²) in [5, 5.41) is 20.5. The van der Waals surface area contributed by atoms with E-state index in [1.54, 1.807) is 0 Å². The summed E-state index contributed by atoms with van der Waals surface area (Å²) in [5.41, 5.74) is 1.61. The molecule has 0 saturated carbocycles. The van der Waals surface area contributed by atoms with Crippen molar-refractivity contribution in [2.24, 2.45) is 5.92 Å². The lowest BCUT2D eigenvalue weighted by molar-refractivity contribution is -0.385. The summed E-state index contributed by atoms with van der Waals surface area (Å²) in [7, 11) is 0. The molecule has 1 aliphatic heterocycles. The van der Waals surface area contributed by atoms with Crippen LogP contribution in [0.1, 0.15) is 16.8 Å². The van der Waals surface area contributed by atoms with Crippen LogP contribution in [0.2, 0.25) is 0 Å². The average molecular weight is 293 g/mol. The molecule has 9 heteroatoms. The molecule has 21 heavy (non-hydrogen) atoms. The Kier molecular flexibility index (Phi) is 3.83. The molecule has 1 aromatic rings. The maximum Gasteiger partial charge on any atom is 0.308 e. The van der Waals surface area contributed by atoms with Crippen LogP contribution in [0.5, 0.6) is 0 Å². The SMILES string of the molecule is O=C(NN1C[C@H](C(=O)O)CC1=O)c1ccccc1[N+](=O)[O-]. The number of carbonyl (C=O) groups excluding carboxylic acids is 2.